The molecule has 1 rings (SSSR count). The van der Waals surface area contributed by atoms with E-state index >= 15 is 0 Å². The molecule has 3 heteroatoms. The Bertz CT molecular complexity index is 179. The summed E-state index contributed by atoms with van der Waals surface area (Å²) in [5, 5.41) is 13.3. The Kier molecular flexibility index (Phi) is 5.20. The van der Waals surface area contributed by atoms with Gasteiger partial charge in [0.1, 0.15) is 0 Å². The smallest absolute Gasteiger partial charge is 0.0443 e. The van der Waals surface area contributed by atoms with E-state index in [-0.39, 0.29) is 10.9 Å². The molecule has 0 bridgehead atoms. The summed E-state index contributed by atoms with van der Waals surface area (Å²) in [4.78, 5) is 2.29. The van der Waals surface area contributed by atoms with E-state index in [1.165, 1.54) is 5.75 Å². The fourth-order valence-corrected chi connectivity index (χ4v) is 2.87. The maximum atomic E-state index is 8.65. The van der Waals surface area contributed by atoms with Crippen molar-refractivity contribution in [2.24, 2.45) is 0 Å². The highest BCUT2D eigenvalue weighted by Gasteiger charge is 2.01. The van der Waals surface area contributed by atoms with Crippen molar-refractivity contribution in [2.45, 2.75) is 6.42 Å². The zero-order valence-corrected chi connectivity index (χ0v) is 9.08. The van der Waals surface area contributed by atoms with Gasteiger partial charge in [0.2, 0.25) is 0 Å². The van der Waals surface area contributed by atoms with Crippen LogP contribution < -0.4 is 0 Å². The van der Waals surface area contributed by atoms with Crippen molar-refractivity contribution in [1.29, 1.82) is 0 Å². The van der Waals surface area contributed by atoms with Crippen LogP contribution in [0.4, 0.5) is 0 Å². The second kappa shape index (κ2) is 6.24. The number of thiol groups is 1. The van der Waals surface area contributed by atoms with Gasteiger partial charge >= 0.3 is 0 Å². The van der Waals surface area contributed by atoms with E-state index in [4.69, 9.17) is 5.11 Å². The van der Waals surface area contributed by atoms with E-state index in [0.29, 0.717) is 6.61 Å². The Morgan fingerprint density at radius 1 is 1.23 bits per heavy atom. The van der Waals surface area contributed by atoms with Crippen molar-refractivity contribution in [1.82, 2.24) is 4.90 Å². The summed E-state index contributed by atoms with van der Waals surface area (Å²) in [6, 6.07) is 0. The van der Waals surface area contributed by atoms with Crippen LogP contribution in [0.5, 0.6) is 0 Å². The second-order valence-corrected chi connectivity index (χ2v) is 5.37. The number of nitrogens with zero attached hydrogens (tertiary/aromatic N) is 1. The average molecular weight is 201 g/mol. The van der Waals surface area contributed by atoms with Gasteiger partial charge in [-0.1, -0.05) is 12.2 Å². The summed E-state index contributed by atoms with van der Waals surface area (Å²) in [6.07, 6.45) is 5.17. The molecule has 1 N–H and O–H groups in total. The SMILES string of the molecule is CN(CCCO)CC[SH]1C=CC=C1. The van der Waals surface area contributed by atoms with Crippen molar-refractivity contribution < 1.29 is 5.11 Å². The molecule has 13 heavy (non-hydrogen) atoms. The zero-order chi connectivity index (χ0) is 9.52. The normalized spacial score (nSPS) is 17.6. The van der Waals surface area contributed by atoms with E-state index in [1.54, 1.807) is 0 Å². The van der Waals surface area contributed by atoms with E-state index < -0.39 is 0 Å². The molecule has 2 nitrogen and oxygen atoms in total. The van der Waals surface area contributed by atoms with Gasteiger partial charge in [-0.3, -0.25) is 0 Å². The monoisotopic (exact) mass is 201 g/mol. The number of hydrogen-bond acceptors (Lipinski definition) is 2. The molecular formula is C10H19NOS. The molecule has 76 valence electrons. The fourth-order valence-electron chi connectivity index (χ4n) is 1.26. The summed E-state index contributed by atoms with van der Waals surface area (Å²) < 4.78 is 0. The van der Waals surface area contributed by atoms with Crippen LogP contribution in [0, 0.1) is 0 Å². The topological polar surface area (TPSA) is 23.5 Å². The highest BCUT2D eigenvalue weighted by molar-refractivity contribution is 8.22. The minimum Gasteiger partial charge on any atom is -0.396 e. The Balaban J connectivity index is 2.04. The first kappa shape index (κ1) is 10.8. The van der Waals surface area contributed by atoms with Crippen LogP contribution in [0.3, 0.4) is 0 Å². The van der Waals surface area contributed by atoms with Crippen LogP contribution in [0.1, 0.15) is 6.42 Å². The van der Waals surface area contributed by atoms with Crippen molar-refractivity contribution in [2.75, 3.05) is 32.5 Å². The van der Waals surface area contributed by atoms with Gasteiger partial charge in [-0.2, -0.15) is 0 Å². The highest BCUT2D eigenvalue weighted by Crippen LogP contribution is 2.31. The standard InChI is InChI=1S/C10H19NOS/c1-11(5-4-7-12)6-10-13-8-2-3-9-13/h2-3,8-9,12-13H,4-7,10H2,1H3. The maximum Gasteiger partial charge on any atom is 0.0443 e. The van der Waals surface area contributed by atoms with Gasteiger partial charge in [0, 0.05) is 19.7 Å². The minimum atomic E-state index is 0.0421. The van der Waals surface area contributed by atoms with Crippen molar-refractivity contribution in [3.05, 3.63) is 23.0 Å². The Labute approximate surface area is 83.3 Å². The number of rotatable bonds is 6. The van der Waals surface area contributed by atoms with Crippen LogP contribution in [0.25, 0.3) is 0 Å². The van der Waals surface area contributed by atoms with Gasteiger partial charge in [-0.25, -0.2) is 10.9 Å². The fraction of sp³-hybridized carbons (Fsp3) is 0.600. The van der Waals surface area contributed by atoms with Crippen molar-refractivity contribution >= 4 is 10.9 Å². The molecule has 0 aromatic carbocycles. The first-order valence-corrected chi connectivity index (χ1v) is 6.39. The zero-order valence-electron chi connectivity index (χ0n) is 8.19. The molecule has 0 amide bonds. The van der Waals surface area contributed by atoms with Gasteiger partial charge in [0.05, 0.1) is 0 Å². The van der Waals surface area contributed by atoms with Gasteiger partial charge in [0.25, 0.3) is 0 Å². The quantitative estimate of drug-likeness (QED) is 0.634. The largest absolute Gasteiger partial charge is 0.396 e. The summed E-state index contributed by atoms with van der Waals surface area (Å²) in [5.74, 6) is 1.25. The first-order valence-electron chi connectivity index (χ1n) is 4.73. The molecule has 0 aromatic heterocycles. The number of aliphatic hydroxyl groups is 1. The number of aliphatic hydroxyl groups excluding tert-OH is 1. The molecule has 0 radical (unpaired) electrons. The van der Waals surface area contributed by atoms with Gasteiger partial charge in [-0.15, -0.1) is 0 Å². The second-order valence-electron chi connectivity index (χ2n) is 3.30. The van der Waals surface area contributed by atoms with E-state index in [2.05, 4.69) is 34.9 Å². The molecule has 1 aliphatic rings. The van der Waals surface area contributed by atoms with Crippen LogP contribution in [0.2, 0.25) is 0 Å². The molecule has 0 aliphatic carbocycles. The molecule has 0 saturated carbocycles. The third-order valence-electron chi connectivity index (χ3n) is 2.10. The average Bonchev–Trinajstić information content (AvgIpc) is 2.64. The summed E-state index contributed by atoms with van der Waals surface area (Å²) in [5.41, 5.74) is 0. The summed E-state index contributed by atoms with van der Waals surface area (Å²) in [6.45, 7) is 2.45. The summed E-state index contributed by atoms with van der Waals surface area (Å²) in [7, 11) is 2.16. The molecular weight excluding hydrogens is 182 g/mol. The third-order valence-corrected chi connectivity index (χ3v) is 3.93. The minimum absolute atomic E-state index is 0.0421. The lowest BCUT2D eigenvalue weighted by molar-refractivity contribution is 0.252. The van der Waals surface area contributed by atoms with E-state index in [0.717, 1.165) is 19.5 Å². The molecule has 0 saturated heterocycles. The highest BCUT2D eigenvalue weighted by atomic mass is 32.2. The Morgan fingerprint density at radius 3 is 2.54 bits per heavy atom. The molecule has 0 fully saturated rings. The van der Waals surface area contributed by atoms with Crippen molar-refractivity contribution in [3.63, 3.8) is 0 Å². The molecule has 0 aromatic rings. The Hall–Kier alpha value is -0.250. The van der Waals surface area contributed by atoms with E-state index in [1.807, 2.05) is 0 Å². The molecule has 0 atom stereocenters. The van der Waals surface area contributed by atoms with Crippen LogP contribution in [-0.2, 0) is 0 Å². The van der Waals surface area contributed by atoms with Gasteiger partial charge in [-0.05, 0) is 30.0 Å². The summed E-state index contributed by atoms with van der Waals surface area (Å²) >= 11 is 0. The lowest BCUT2D eigenvalue weighted by atomic mass is 10.4. The lowest BCUT2D eigenvalue weighted by Gasteiger charge is -2.18. The molecule has 1 aliphatic heterocycles. The maximum absolute atomic E-state index is 8.65. The molecule has 0 spiro atoms. The third kappa shape index (κ3) is 4.50. The molecule has 0 unspecified atom stereocenters. The Morgan fingerprint density at radius 2 is 1.92 bits per heavy atom. The predicted octanol–water partition coefficient (Wildman–Crippen LogP) is 1.34. The van der Waals surface area contributed by atoms with E-state index in [9.17, 15) is 0 Å². The first-order chi connectivity index (χ1) is 6.33. The predicted molar refractivity (Wildman–Crippen MR) is 61.3 cm³/mol. The number of allylic oxidation sites excluding steroid dienone is 2. The van der Waals surface area contributed by atoms with Crippen LogP contribution in [-0.4, -0.2) is 42.5 Å². The molecule has 1 heterocycles. The van der Waals surface area contributed by atoms with Crippen LogP contribution >= 0.6 is 10.9 Å². The lowest BCUT2D eigenvalue weighted by Crippen LogP contribution is -2.23. The van der Waals surface area contributed by atoms with Crippen molar-refractivity contribution in [3.8, 4) is 0 Å². The van der Waals surface area contributed by atoms with Crippen LogP contribution in [0.15, 0.2) is 23.0 Å². The van der Waals surface area contributed by atoms with Gasteiger partial charge < -0.3 is 10.0 Å². The number of hydrogen-bond donors (Lipinski definition) is 2. The van der Waals surface area contributed by atoms with Gasteiger partial charge in [0.15, 0.2) is 0 Å².